The Hall–Kier alpha value is -5.66. The van der Waals surface area contributed by atoms with Crippen molar-refractivity contribution in [2.24, 2.45) is 0 Å². The molecule has 0 spiro atoms. The van der Waals surface area contributed by atoms with Crippen LogP contribution in [0.25, 0.3) is 87.6 Å². The number of furan rings is 1. The standard InChI is InChI=1S/C42H26O/c1-2-12-35-33(10-1)34-11-3-4-13-36(34)40-25-31(20-22-37(35)40)28-18-16-27(17-19-28)29-8-7-9-30(24-29)32-21-23-39-38-14-5-6-15-41(38)43-42(39)26-32/h1-26H/i5D,6D,14D,15D,21D,23D,26D. The van der Waals surface area contributed by atoms with Gasteiger partial charge in [-0.3, -0.25) is 0 Å². The van der Waals surface area contributed by atoms with Gasteiger partial charge in [-0.25, -0.2) is 0 Å². The van der Waals surface area contributed by atoms with Gasteiger partial charge in [-0.1, -0.05) is 127 Å². The van der Waals surface area contributed by atoms with Gasteiger partial charge in [0.15, 0.2) is 0 Å². The summed E-state index contributed by atoms with van der Waals surface area (Å²) in [7, 11) is 0. The fourth-order valence-electron chi connectivity index (χ4n) is 6.24. The van der Waals surface area contributed by atoms with Crippen LogP contribution in [0.2, 0.25) is 0 Å². The van der Waals surface area contributed by atoms with Crippen LogP contribution in [-0.2, 0) is 0 Å². The van der Waals surface area contributed by atoms with E-state index in [2.05, 4.69) is 91.0 Å². The van der Waals surface area contributed by atoms with Gasteiger partial charge in [-0.2, -0.15) is 0 Å². The Kier molecular flexibility index (Phi) is 3.95. The lowest BCUT2D eigenvalue weighted by molar-refractivity contribution is 0.669. The van der Waals surface area contributed by atoms with E-state index >= 15 is 0 Å². The van der Waals surface area contributed by atoms with E-state index < -0.39 is 12.1 Å². The minimum absolute atomic E-state index is 0.0198. The number of hydrogen-bond donors (Lipinski definition) is 0. The highest BCUT2D eigenvalue weighted by molar-refractivity contribution is 6.25. The molecule has 0 saturated heterocycles. The Labute approximate surface area is 259 Å². The third-order valence-electron chi connectivity index (χ3n) is 8.33. The van der Waals surface area contributed by atoms with E-state index in [-0.39, 0.29) is 57.7 Å². The van der Waals surface area contributed by atoms with Crippen molar-refractivity contribution in [1.82, 2.24) is 0 Å². The van der Waals surface area contributed by atoms with Crippen molar-refractivity contribution in [1.29, 1.82) is 0 Å². The van der Waals surface area contributed by atoms with Crippen LogP contribution in [0, 0.1) is 0 Å². The van der Waals surface area contributed by atoms with E-state index in [0.29, 0.717) is 5.56 Å². The molecule has 0 saturated carbocycles. The van der Waals surface area contributed by atoms with Crippen LogP contribution in [0.1, 0.15) is 9.60 Å². The summed E-state index contributed by atoms with van der Waals surface area (Å²) in [5.74, 6) is 0. The molecule has 8 aromatic carbocycles. The second-order valence-electron chi connectivity index (χ2n) is 10.8. The van der Waals surface area contributed by atoms with E-state index in [0.717, 1.165) is 22.3 Å². The molecule has 0 aliphatic carbocycles. The van der Waals surface area contributed by atoms with E-state index in [1.807, 2.05) is 18.2 Å². The van der Waals surface area contributed by atoms with E-state index in [1.54, 1.807) is 6.07 Å². The minimum atomic E-state index is -0.451. The zero-order chi connectivity index (χ0) is 34.4. The summed E-state index contributed by atoms with van der Waals surface area (Å²) in [6, 6.07) is 37.3. The summed E-state index contributed by atoms with van der Waals surface area (Å²) < 4.78 is 65.5. The van der Waals surface area contributed by atoms with Crippen LogP contribution in [0.3, 0.4) is 0 Å². The average Bonchev–Trinajstić information content (AvgIpc) is 3.57. The molecule has 0 bridgehead atoms. The van der Waals surface area contributed by atoms with Crippen LogP contribution in [0.4, 0.5) is 0 Å². The van der Waals surface area contributed by atoms with Crippen molar-refractivity contribution in [2.45, 2.75) is 0 Å². The summed E-state index contributed by atoms with van der Waals surface area (Å²) in [6.45, 7) is 0. The van der Waals surface area contributed by atoms with E-state index in [1.165, 1.54) is 32.3 Å². The highest BCUT2D eigenvalue weighted by Gasteiger charge is 2.11. The zero-order valence-corrected chi connectivity index (χ0v) is 22.9. The molecular formula is C42H26O. The van der Waals surface area contributed by atoms with Crippen molar-refractivity contribution < 1.29 is 14.0 Å². The monoisotopic (exact) mass is 553 g/mol. The maximum Gasteiger partial charge on any atom is 0.136 e. The first-order chi connectivity index (χ1) is 24.2. The number of hydrogen-bond acceptors (Lipinski definition) is 1. The maximum absolute atomic E-state index is 9.03. The van der Waals surface area contributed by atoms with Crippen molar-refractivity contribution in [3.63, 3.8) is 0 Å². The Balaban J connectivity index is 1.13. The van der Waals surface area contributed by atoms with Crippen LogP contribution in [0.5, 0.6) is 0 Å². The Morgan fingerprint density at radius 2 is 0.884 bits per heavy atom. The molecule has 0 radical (unpaired) electrons. The van der Waals surface area contributed by atoms with Gasteiger partial charge in [0.25, 0.3) is 0 Å². The smallest absolute Gasteiger partial charge is 0.136 e. The van der Waals surface area contributed by atoms with Crippen molar-refractivity contribution in [2.75, 3.05) is 0 Å². The first-order valence-electron chi connectivity index (χ1n) is 17.7. The number of para-hydroxylation sites is 1. The molecular weight excluding hydrogens is 520 g/mol. The Morgan fingerprint density at radius 1 is 0.349 bits per heavy atom. The molecule has 0 aliphatic heterocycles. The first kappa shape index (κ1) is 18.0. The molecule has 0 N–H and O–H groups in total. The molecule has 1 aromatic heterocycles. The van der Waals surface area contributed by atoms with Gasteiger partial charge in [0.2, 0.25) is 0 Å². The molecule has 0 amide bonds. The van der Waals surface area contributed by atoms with Crippen LogP contribution in [0.15, 0.2) is 162 Å². The molecule has 0 atom stereocenters. The van der Waals surface area contributed by atoms with Gasteiger partial charge < -0.3 is 4.42 Å². The molecule has 0 unspecified atom stereocenters. The molecule has 43 heavy (non-hydrogen) atoms. The normalized spacial score (nSPS) is 14.0. The minimum Gasteiger partial charge on any atom is -0.456 e. The molecule has 200 valence electrons. The average molecular weight is 554 g/mol. The third-order valence-corrected chi connectivity index (χ3v) is 8.33. The summed E-state index contributed by atoms with van der Waals surface area (Å²) >= 11 is 0. The van der Waals surface area contributed by atoms with Crippen LogP contribution < -0.4 is 0 Å². The van der Waals surface area contributed by atoms with E-state index in [4.69, 9.17) is 14.0 Å². The lowest BCUT2D eigenvalue weighted by Gasteiger charge is -2.12. The van der Waals surface area contributed by atoms with Gasteiger partial charge in [0.1, 0.15) is 11.2 Å². The van der Waals surface area contributed by atoms with Crippen molar-refractivity contribution in [3.05, 3.63) is 158 Å². The lowest BCUT2D eigenvalue weighted by atomic mass is 9.91. The number of benzene rings is 8. The highest BCUT2D eigenvalue weighted by atomic mass is 16.3. The second kappa shape index (κ2) is 9.44. The number of rotatable bonds is 3. The quantitative estimate of drug-likeness (QED) is 0.198. The molecule has 9 aromatic rings. The van der Waals surface area contributed by atoms with Crippen molar-refractivity contribution >= 4 is 54.3 Å². The summed E-state index contributed by atoms with van der Waals surface area (Å²) in [6.07, 6.45) is 0. The van der Waals surface area contributed by atoms with Gasteiger partial charge in [-0.15, -0.1) is 0 Å². The summed E-state index contributed by atoms with van der Waals surface area (Å²) in [4.78, 5) is 0. The molecule has 1 nitrogen and oxygen atoms in total. The number of fused-ring (bicyclic) bond motifs is 9. The second-order valence-corrected chi connectivity index (χ2v) is 10.8. The van der Waals surface area contributed by atoms with Gasteiger partial charge >= 0.3 is 0 Å². The van der Waals surface area contributed by atoms with Crippen LogP contribution in [-0.4, -0.2) is 0 Å². The molecule has 9 rings (SSSR count). The SMILES string of the molecule is [2H]c1c([2H])c([2H])c2c(oc3c([2H])c(-c4cccc(-c5ccc(-c6ccc7c8ccccc8c8ccccc8c7c6)cc5)c4)c([2H])c([2H])c32)c1[2H]. The van der Waals surface area contributed by atoms with Gasteiger partial charge in [0, 0.05) is 10.8 Å². The summed E-state index contributed by atoms with van der Waals surface area (Å²) in [5, 5.41) is 7.43. The molecule has 1 heterocycles. The topological polar surface area (TPSA) is 13.1 Å². The van der Waals surface area contributed by atoms with Gasteiger partial charge in [-0.05, 0) is 96.0 Å². The van der Waals surface area contributed by atoms with Crippen LogP contribution >= 0.6 is 0 Å². The predicted molar refractivity (Wildman–Crippen MR) is 183 cm³/mol. The predicted octanol–water partition coefficient (Wildman–Crippen LogP) is 12.0. The lowest BCUT2D eigenvalue weighted by Crippen LogP contribution is -1.85. The fourth-order valence-corrected chi connectivity index (χ4v) is 6.24. The zero-order valence-electron chi connectivity index (χ0n) is 29.9. The largest absolute Gasteiger partial charge is 0.456 e. The molecule has 0 fully saturated rings. The fraction of sp³-hybridized carbons (Fsp3) is 0. The first-order valence-corrected chi connectivity index (χ1v) is 14.2. The summed E-state index contributed by atoms with van der Waals surface area (Å²) in [5.41, 5.74) is 4.62. The van der Waals surface area contributed by atoms with E-state index in [9.17, 15) is 0 Å². The van der Waals surface area contributed by atoms with Gasteiger partial charge in [0.05, 0.1) is 9.60 Å². The Morgan fingerprint density at radius 3 is 1.58 bits per heavy atom. The Bertz CT molecular complexity index is 2860. The molecule has 1 heteroatoms. The van der Waals surface area contributed by atoms with Crippen molar-refractivity contribution in [3.8, 4) is 33.4 Å². The third kappa shape index (κ3) is 3.86. The highest BCUT2D eigenvalue weighted by Crippen LogP contribution is 2.38. The molecule has 0 aliphatic rings. The maximum atomic E-state index is 9.03.